The summed E-state index contributed by atoms with van der Waals surface area (Å²) >= 11 is 9.42. The number of nitrogens with one attached hydrogen (secondary N) is 2. The van der Waals surface area contributed by atoms with Crippen LogP contribution >= 0.6 is 27.5 Å². The van der Waals surface area contributed by atoms with Gasteiger partial charge in [-0.3, -0.25) is 4.79 Å². The van der Waals surface area contributed by atoms with E-state index in [-0.39, 0.29) is 5.91 Å². The molecule has 20 heavy (non-hydrogen) atoms. The number of benzene rings is 2. The smallest absolute Gasteiger partial charge is 0.221 e. The zero-order valence-corrected chi connectivity index (χ0v) is 13.3. The molecule has 0 heterocycles. The quantitative estimate of drug-likeness (QED) is 0.838. The Balaban J connectivity index is 1.96. The second kappa shape index (κ2) is 6.77. The Kier molecular flexibility index (Phi) is 5.04. The first-order valence-electron chi connectivity index (χ1n) is 6.10. The first-order valence-corrected chi connectivity index (χ1v) is 7.27. The maximum Gasteiger partial charge on any atom is 0.221 e. The number of carbonyl (C=O) groups excluding carboxylic acids is 1. The van der Waals surface area contributed by atoms with Crippen LogP contribution in [0.1, 0.15) is 12.5 Å². The van der Waals surface area contributed by atoms with Crippen LogP contribution in [0, 0.1) is 0 Å². The lowest BCUT2D eigenvalue weighted by molar-refractivity contribution is -0.114. The summed E-state index contributed by atoms with van der Waals surface area (Å²) in [5, 5.41) is 6.73. The Labute approximate surface area is 131 Å². The molecule has 0 atom stereocenters. The summed E-state index contributed by atoms with van der Waals surface area (Å²) in [6.07, 6.45) is 0. The van der Waals surface area contributed by atoms with E-state index in [0.29, 0.717) is 11.6 Å². The Morgan fingerprint density at radius 3 is 2.40 bits per heavy atom. The number of carbonyl (C=O) groups is 1. The minimum atomic E-state index is -0.0739. The van der Waals surface area contributed by atoms with Gasteiger partial charge in [0.2, 0.25) is 5.91 Å². The molecule has 2 aromatic rings. The first kappa shape index (κ1) is 14.9. The lowest BCUT2D eigenvalue weighted by Gasteiger charge is -2.09. The van der Waals surface area contributed by atoms with E-state index in [1.165, 1.54) is 6.92 Å². The predicted octanol–water partition coefficient (Wildman–Crippen LogP) is 4.67. The van der Waals surface area contributed by atoms with Gasteiger partial charge < -0.3 is 10.6 Å². The van der Waals surface area contributed by atoms with Crippen LogP contribution in [0.4, 0.5) is 11.4 Å². The van der Waals surface area contributed by atoms with Gasteiger partial charge in [0, 0.05) is 29.3 Å². The number of amides is 1. The number of hydrogen-bond acceptors (Lipinski definition) is 2. The van der Waals surface area contributed by atoms with Gasteiger partial charge in [0.15, 0.2) is 0 Å². The van der Waals surface area contributed by atoms with E-state index >= 15 is 0 Å². The average molecular weight is 354 g/mol. The van der Waals surface area contributed by atoms with Gasteiger partial charge in [-0.15, -0.1) is 0 Å². The van der Waals surface area contributed by atoms with Gasteiger partial charge in [0.25, 0.3) is 0 Å². The third-order valence-corrected chi connectivity index (χ3v) is 3.92. The maximum atomic E-state index is 10.9. The van der Waals surface area contributed by atoms with Crippen LogP contribution in [0.15, 0.2) is 46.9 Å². The van der Waals surface area contributed by atoms with Crippen LogP contribution in [0.5, 0.6) is 0 Å². The highest BCUT2D eigenvalue weighted by Gasteiger charge is 2.00. The van der Waals surface area contributed by atoms with Crippen molar-refractivity contribution < 1.29 is 4.79 Å². The first-order chi connectivity index (χ1) is 9.54. The predicted molar refractivity (Wildman–Crippen MR) is 87.2 cm³/mol. The normalized spacial score (nSPS) is 10.2. The third-order valence-electron chi connectivity index (χ3n) is 2.69. The van der Waals surface area contributed by atoms with Crippen LogP contribution in [0.25, 0.3) is 0 Å². The van der Waals surface area contributed by atoms with Gasteiger partial charge in [0.05, 0.1) is 5.02 Å². The minimum Gasteiger partial charge on any atom is -0.381 e. The second-order valence-electron chi connectivity index (χ2n) is 4.36. The molecule has 0 radical (unpaired) electrons. The number of halogens is 2. The summed E-state index contributed by atoms with van der Waals surface area (Å²) < 4.78 is 0.891. The lowest BCUT2D eigenvalue weighted by atomic mass is 10.2. The topological polar surface area (TPSA) is 41.1 Å². The van der Waals surface area contributed by atoms with Crippen molar-refractivity contribution in [3.8, 4) is 0 Å². The fraction of sp³-hybridized carbons (Fsp3) is 0.133. The van der Waals surface area contributed by atoms with Crippen molar-refractivity contribution in [3.63, 3.8) is 0 Å². The van der Waals surface area contributed by atoms with Crippen molar-refractivity contribution in [1.82, 2.24) is 0 Å². The van der Waals surface area contributed by atoms with Crippen molar-refractivity contribution in [2.45, 2.75) is 13.5 Å². The van der Waals surface area contributed by atoms with Gasteiger partial charge in [-0.1, -0.05) is 17.7 Å². The molecule has 2 aromatic carbocycles. The fourth-order valence-corrected chi connectivity index (χ4v) is 2.18. The van der Waals surface area contributed by atoms with E-state index in [0.717, 1.165) is 21.4 Å². The highest BCUT2D eigenvalue weighted by atomic mass is 79.9. The van der Waals surface area contributed by atoms with Crippen molar-refractivity contribution in [2.75, 3.05) is 10.6 Å². The summed E-state index contributed by atoms with van der Waals surface area (Å²) in [6, 6.07) is 13.4. The fourth-order valence-electron chi connectivity index (χ4n) is 1.73. The minimum absolute atomic E-state index is 0.0739. The third kappa shape index (κ3) is 4.25. The van der Waals surface area contributed by atoms with Crippen LogP contribution < -0.4 is 10.6 Å². The molecule has 1 amide bonds. The molecule has 0 bridgehead atoms. The largest absolute Gasteiger partial charge is 0.381 e. The molecule has 0 aliphatic rings. The molecule has 0 aliphatic heterocycles. The summed E-state index contributed by atoms with van der Waals surface area (Å²) in [4.78, 5) is 10.9. The Bertz CT molecular complexity index is 614. The molecule has 0 saturated heterocycles. The Morgan fingerprint density at radius 1 is 1.15 bits per heavy atom. The van der Waals surface area contributed by atoms with Crippen molar-refractivity contribution in [2.24, 2.45) is 0 Å². The van der Waals surface area contributed by atoms with Crippen LogP contribution in [-0.4, -0.2) is 5.91 Å². The molecule has 3 nitrogen and oxygen atoms in total. The zero-order valence-electron chi connectivity index (χ0n) is 10.9. The highest BCUT2D eigenvalue weighted by molar-refractivity contribution is 9.10. The monoisotopic (exact) mass is 352 g/mol. The number of anilines is 2. The molecular formula is C15H14BrClN2O. The average Bonchev–Trinajstić information content (AvgIpc) is 2.41. The van der Waals surface area contributed by atoms with Crippen LogP contribution in [0.2, 0.25) is 5.02 Å². The van der Waals surface area contributed by atoms with Crippen LogP contribution in [0.3, 0.4) is 0 Å². The molecule has 2 rings (SSSR count). The van der Waals surface area contributed by atoms with Crippen molar-refractivity contribution >= 4 is 44.8 Å². The molecule has 104 valence electrons. The van der Waals surface area contributed by atoms with Gasteiger partial charge in [-0.2, -0.15) is 0 Å². The molecule has 0 saturated carbocycles. The molecule has 0 aromatic heterocycles. The molecule has 0 fully saturated rings. The van der Waals surface area contributed by atoms with E-state index in [9.17, 15) is 4.79 Å². The number of hydrogen-bond donors (Lipinski definition) is 2. The molecule has 2 N–H and O–H groups in total. The van der Waals surface area contributed by atoms with Gasteiger partial charge in [-0.25, -0.2) is 0 Å². The molecule has 0 spiro atoms. The molecular weight excluding hydrogens is 340 g/mol. The SMILES string of the molecule is CC(=O)Nc1ccc(NCc2ccc(Br)c(Cl)c2)cc1. The zero-order chi connectivity index (χ0) is 14.5. The number of rotatable bonds is 4. The molecule has 5 heteroatoms. The highest BCUT2D eigenvalue weighted by Crippen LogP contribution is 2.23. The van der Waals surface area contributed by atoms with E-state index < -0.39 is 0 Å². The summed E-state index contributed by atoms with van der Waals surface area (Å²) in [6.45, 7) is 2.18. The standard InChI is InChI=1S/C15H14BrClN2O/c1-10(20)19-13-5-3-12(4-6-13)18-9-11-2-7-14(16)15(17)8-11/h2-8,18H,9H2,1H3,(H,19,20). The summed E-state index contributed by atoms with van der Waals surface area (Å²) in [5.74, 6) is -0.0739. The summed E-state index contributed by atoms with van der Waals surface area (Å²) in [5.41, 5.74) is 2.87. The van der Waals surface area contributed by atoms with Gasteiger partial charge >= 0.3 is 0 Å². The van der Waals surface area contributed by atoms with E-state index in [1.807, 2.05) is 42.5 Å². The maximum absolute atomic E-state index is 10.9. The van der Waals surface area contributed by atoms with E-state index in [1.54, 1.807) is 0 Å². The second-order valence-corrected chi connectivity index (χ2v) is 5.62. The lowest BCUT2D eigenvalue weighted by Crippen LogP contribution is -2.05. The molecule has 0 aliphatic carbocycles. The Hall–Kier alpha value is -1.52. The summed E-state index contributed by atoms with van der Waals surface area (Å²) in [7, 11) is 0. The van der Waals surface area contributed by atoms with E-state index in [4.69, 9.17) is 11.6 Å². The van der Waals surface area contributed by atoms with Crippen molar-refractivity contribution in [1.29, 1.82) is 0 Å². The van der Waals surface area contributed by atoms with Crippen molar-refractivity contribution in [3.05, 3.63) is 57.5 Å². The molecule has 0 unspecified atom stereocenters. The Morgan fingerprint density at radius 2 is 1.80 bits per heavy atom. The van der Waals surface area contributed by atoms with E-state index in [2.05, 4.69) is 26.6 Å². The van der Waals surface area contributed by atoms with Crippen LogP contribution in [-0.2, 0) is 11.3 Å². The van der Waals surface area contributed by atoms with Gasteiger partial charge in [-0.05, 0) is 57.9 Å². The van der Waals surface area contributed by atoms with Gasteiger partial charge in [0.1, 0.15) is 0 Å².